The Morgan fingerprint density at radius 2 is 1.95 bits per heavy atom. The molecule has 2 N–H and O–H groups in total. The lowest BCUT2D eigenvalue weighted by Gasteiger charge is -2.08. The first-order chi connectivity index (χ1) is 9.74. The summed E-state index contributed by atoms with van der Waals surface area (Å²) in [7, 11) is 1.64. The number of benzene rings is 1. The number of hydrogen-bond donors (Lipinski definition) is 2. The fourth-order valence-electron chi connectivity index (χ4n) is 1.49. The summed E-state index contributed by atoms with van der Waals surface area (Å²) in [6.07, 6.45) is 0.201. The topological polar surface area (TPSA) is 59.6 Å². The minimum absolute atomic E-state index is 0. The van der Waals surface area contributed by atoms with Crippen molar-refractivity contribution in [2.75, 3.05) is 40.0 Å². The van der Waals surface area contributed by atoms with E-state index in [0.717, 1.165) is 6.54 Å². The van der Waals surface area contributed by atoms with E-state index in [4.69, 9.17) is 9.47 Å². The van der Waals surface area contributed by atoms with Crippen LogP contribution in [-0.2, 0) is 9.53 Å². The molecular weight excluding hydrogens is 299 g/mol. The van der Waals surface area contributed by atoms with Crippen LogP contribution in [0, 0.1) is 5.82 Å². The van der Waals surface area contributed by atoms with Gasteiger partial charge >= 0.3 is 0 Å². The number of halogens is 2. The summed E-state index contributed by atoms with van der Waals surface area (Å²) < 4.78 is 23.3. The number of para-hydroxylation sites is 1. The molecule has 7 heteroatoms. The molecule has 5 nitrogen and oxygen atoms in total. The molecule has 120 valence electrons. The van der Waals surface area contributed by atoms with Crippen molar-refractivity contribution in [1.29, 1.82) is 0 Å². The molecule has 0 atom stereocenters. The Hall–Kier alpha value is -1.37. The van der Waals surface area contributed by atoms with Gasteiger partial charge in [-0.05, 0) is 12.1 Å². The zero-order chi connectivity index (χ0) is 14.6. The van der Waals surface area contributed by atoms with Crippen molar-refractivity contribution >= 4 is 18.3 Å². The van der Waals surface area contributed by atoms with Gasteiger partial charge in [-0.1, -0.05) is 12.1 Å². The van der Waals surface area contributed by atoms with Gasteiger partial charge in [0.25, 0.3) is 0 Å². The molecule has 0 fully saturated rings. The van der Waals surface area contributed by atoms with Crippen LogP contribution in [0.15, 0.2) is 24.3 Å². The Balaban J connectivity index is 0.00000400. The van der Waals surface area contributed by atoms with Gasteiger partial charge < -0.3 is 20.1 Å². The second-order valence-electron chi connectivity index (χ2n) is 4.12. The zero-order valence-corrected chi connectivity index (χ0v) is 12.9. The van der Waals surface area contributed by atoms with Crippen LogP contribution in [-0.4, -0.2) is 45.9 Å². The molecule has 0 unspecified atom stereocenters. The van der Waals surface area contributed by atoms with Crippen LogP contribution in [0.3, 0.4) is 0 Å². The maximum Gasteiger partial charge on any atom is 0.223 e. The van der Waals surface area contributed by atoms with Crippen molar-refractivity contribution in [1.82, 2.24) is 10.6 Å². The molecule has 0 heterocycles. The third kappa shape index (κ3) is 9.23. The van der Waals surface area contributed by atoms with E-state index >= 15 is 0 Å². The Morgan fingerprint density at radius 3 is 2.67 bits per heavy atom. The highest BCUT2D eigenvalue weighted by molar-refractivity contribution is 5.85. The van der Waals surface area contributed by atoms with E-state index in [1.807, 2.05) is 0 Å². The maximum atomic E-state index is 13.2. The average molecular weight is 321 g/mol. The third-order valence-electron chi connectivity index (χ3n) is 2.53. The van der Waals surface area contributed by atoms with Gasteiger partial charge in [0.05, 0.1) is 19.6 Å². The third-order valence-corrected chi connectivity index (χ3v) is 2.53. The molecule has 0 radical (unpaired) electrons. The van der Waals surface area contributed by atoms with E-state index in [0.29, 0.717) is 19.7 Å². The number of carbonyl (C=O) groups is 1. The van der Waals surface area contributed by atoms with Gasteiger partial charge in [-0.3, -0.25) is 4.79 Å². The molecule has 0 aliphatic heterocycles. The number of rotatable bonds is 10. The summed E-state index contributed by atoms with van der Waals surface area (Å²) in [4.78, 5) is 11.5. The fourth-order valence-corrected chi connectivity index (χ4v) is 1.49. The predicted octanol–water partition coefficient (Wildman–Crippen LogP) is 1.37. The summed E-state index contributed by atoms with van der Waals surface area (Å²) in [5.41, 5.74) is 0. The number of methoxy groups -OCH3 is 1. The molecule has 0 spiro atoms. The molecule has 0 bridgehead atoms. The standard InChI is InChI=1S/C14H21FN2O3.ClH/c1-19-11-9-16-7-8-17-14(18)6-10-20-13-5-3-2-4-12(13)15;/h2-5,16H,6-11H2,1H3,(H,17,18);1H. The van der Waals surface area contributed by atoms with Crippen LogP contribution in [0.4, 0.5) is 4.39 Å². The van der Waals surface area contributed by atoms with Crippen LogP contribution < -0.4 is 15.4 Å². The number of carbonyl (C=O) groups excluding carboxylic acids is 1. The Kier molecular flexibility index (Phi) is 11.6. The van der Waals surface area contributed by atoms with E-state index in [1.54, 1.807) is 19.2 Å². The van der Waals surface area contributed by atoms with Crippen molar-refractivity contribution in [3.8, 4) is 5.75 Å². The quantitative estimate of drug-likeness (QED) is 0.639. The normalized spacial score (nSPS) is 9.81. The molecule has 1 amide bonds. The first-order valence-electron chi connectivity index (χ1n) is 6.57. The monoisotopic (exact) mass is 320 g/mol. The highest BCUT2D eigenvalue weighted by atomic mass is 35.5. The molecule has 0 aliphatic rings. The minimum Gasteiger partial charge on any atom is -0.490 e. The first kappa shape index (κ1) is 19.6. The molecule has 1 aromatic rings. The number of amides is 1. The fraction of sp³-hybridized carbons (Fsp3) is 0.500. The van der Waals surface area contributed by atoms with Gasteiger partial charge in [0, 0.05) is 26.7 Å². The van der Waals surface area contributed by atoms with Gasteiger partial charge in [0.1, 0.15) is 0 Å². The van der Waals surface area contributed by atoms with Crippen LogP contribution in [0.2, 0.25) is 0 Å². The summed E-state index contributed by atoms with van der Waals surface area (Å²) in [5.74, 6) is -0.369. The first-order valence-corrected chi connectivity index (χ1v) is 6.57. The van der Waals surface area contributed by atoms with Gasteiger partial charge in [0.15, 0.2) is 11.6 Å². The van der Waals surface area contributed by atoms with Crippen molar-refractivity contribution < 1.29 is 18.7 Å². The SMILES string of the molecule is COCCNCCNC(=O)CCOc1ccccc1F.Cl. The van der Waals surface area contributed by atoms with Gasteiger partial charge in [0.2, 0.25) is 5.91 Å². The van der Waals surface area contributed by atoms with Crippen molar-refractivity contribution in [2.45, 2.75) is 6.42 Å². The molecule has 1 rings (SSSR count). The summed E-state index contributed by atoms with van der Waals surface area (Å²) in [6, 6.07) is 6.13. The van der Waals surface area contributed by atoms with E-state index in [9.17, 15) is 9.18 Å². The Bertz CT molecular complexity index is 408. The Morgan fingerprint density at radius 1 is 1.19 bits per heavy atom. The molecule has 1 aromatic carbocycles. The number of nitrogens with one attached hydrogen (secondary N) is 2. The summed E-state index contributed by atoms with van der Waals surface area (Å²) in [5, 5.41) is 5.85. The minimum atomic E-state index is -0.421. The second-order valence-corrected chi connectivity index (χ2v) is 4.12. The number of ether oxygens (including phenoxy) is 2. The summed E-state index contributed by atoms with van der Waals surface area (Å²) in [6.45, 7) is 2.78. The lowest BCUT2D eigenvalue weighted by Crippen LogP contribution is -2.33. The largest absolute Gasteiger partial charge is 0.490 e. The predicted molar refractivity (Wildman–Crippen MR) is 81.5 cm³/mol. The average Bonchev–Trinajstić information content (AvgIpc) is 2.45. The molecule has 0 aromatic heterocycles. The highest BCUT2D eigenvalue weighted by Crippen LogP contribution is 2.15. The zero-order valence-electron chi connectivity index (χ0n) is 12.1. The maximum absolute atomic E-state index is 13.2. The van der Waals surface area contributed by atoms with E-state index in [1.165, 1.54) is 12.1 Å². The number of hydrogen-bond acceptors (Lipinski definition) is 4. The molecule has 0 saturated carbocycles. The van der Waals surface area contributed by atoms with Gasteiger partial charge in [-0.15, -0.1) is 12.4 Å². The van der Waals surface area contributed by atoms with E-state index in [2.05, 4.69) is 10.6 Å². The lowest BCUT2D eigenvalue weighted by atomic mass is 10.3. The van der Waals surface area contributed by atoms with Crippen LogP contribution >= 0.6 is 12.4 Å². The molecule has 0 saturated heterocycles. The van der Waals surface area contributed by atoms with Crippen LogP contribution in [0.5, 0.6) is 5.75 Å². The summed E-state index contributed by atoms with van der Waals surface area (Å²) >= 11 is 0. The van der Waals surface area contributed by atoms with Crippen molar-refractivity contribution in [2.24, 2.45) is 0 Å². The van der Waals surface area contributed by atoms with E-state index < -0.39 is 5.82 Å². The molecule has 0 aliphatic carbocycles. The lowest BCUT2D eigenvalue weighted by molar-refractivity contribution is -0.121. The van der Waals surface area contributed by atoms with Crippen LogP contribution in [0.1, 0.15) is 6.42 Å². The van der Waals surface area contributed by atoms with Crippen LogP contribution in [0.25, 0.3) is 0 Å². The second kappa shape index (κ2) is 12.4. The van der Waals surface area contributed by atoms with E-state index in [-0.39, 0.29) is 37.1 Å². The van der Waals surface area contributed by atoms with Gasteiger partial charge in [-0.2, -0.15) is 0 Å². The molecular formula is C14H22ClFN2O3. The smallest absolute Gasteiger partial charge is 0.223 e. The highest BCUT2D eigenvalue weighted by Gasteiger charge is 2.04. The van der Waals surface area contributed by atoms with Crippen molar-refractivity contribution in [3.05, 3.63) is 30.1 Å². The van der Waals surface area contributed by atoms with Gasteiger partial charge in [-0.25, -0.2) is 4.39 Å². The Labute approximate surface area is 130 Å². The molecule has 21 heavy (non-hydrogen) atoms. The van der Waals surface area contributed by atoms with Crippen molar-refractivity contribution in [3.63, 3.8) is 0 Å².